The summed E-state index contributed by atoms with van der Waals surface area (Å²) >= 11 is 0. The standard InChI is InChI=1S/C10H14N4/c1-2-14-10(8-4-3-5-8)9(6-7-11)12-13-14/h8H,2-6H2,1H3. The number of aryl methyl sites for hydroxylation is 1. The highest BCUT2D eigenvalue weighted by molar-refractivity contribution is 5.20. The lowest BCUT2D eigenvalue weighted by Gasteiger charge is -2.26. The summed E-state index contributed by atoms with van der Waals surface area (Å²) < 4.78 is 1.94. The van der Waals surface area contributed by atoms with Crippen molar-refractivity contribution in [1.82, 2.24) is 15.0 Å². The lowest BCUT2D eigenvalue weighted by atomic mass is 9.81. The van der Waals surface area contributed by atoms with Gasteiger partial charge in [-0.05, 0) is 19.8 Å². The molecule has 4 heteroatoms. The van der Waals surface area contributed by atoms with Gasteiger partial charge in [0, 0.05) is 12.5 Å². The zero-order valence-electron chi connectivity index (χ0n) is 8.40. The highest BCUT2D eigenvalue weighted by Crippen LogP contribution is 2.37. The third kappa shape index (κ3) is 1.39. The van der Waals surface area contributed by atoms with Gasteiger partial charge in [0.1, 0.15) is 5.69 Å². The molecule has 1 aliphatic rings. The molecular formula is C10H14N4. The van der Waals surface area contributed by atoms with Gasteiger partial charge >= 0.3 is 0 Å². The van der Waals surface area contributed by atoms with E-state index in [-0.39, 0.29) is 0 Å². The second-order valence-electron chi connectivity index (χ2n) is 3.70. The topological polar surface area (TPSA) is 54.5 Å². The first-order valence-corrected chi connectivity index (χ1v) is 5.16. The Morgan fingerprint density at radius 2 is 2.36 bits per heavy atom. The van der Waals surface area contributed by atoms with Crippen LogP contribution in [0.25, 0.3) is 0 Å². The van der Waals surface area contributed by atoms with E-state index in [0.717, 1.165) is 12.2 Å². The van der Waals surface area contributed by atoms with Crippen LogP contribution < -0.4 is 0 Å². The molecule has 2 rings (SSSR count). The fourth-order valence-electron chi connectivity index (χ4n) is 1.92. The van der Waals surface area contributed by atoms with Crippen LogP contribution in [0.5, 0.6) is 0 Å². The first kappa shape index (κ1) is 9.20. The Kier molecular flexibility index (Phi) is 2.49. The number of nitrogens with zero attached hydrogens (tertiary/aromatic N) is 4. The fourth-order valence-corrected chi connectivity index (χ4v) is 1.92. The number of rotatable bonds is 3. The van der Waals surface area contributed by atoms with Gasteiger partial charge in [-0.1, -0.05) is 11.6 Å². The maximum Gasteiger partial charge on any atom is 0.100 e. The van der Waals surface area contributed by atoms with Crippen molar-refractivity contribution < 1.29 is 0 Å². The highest BCUT2D eigenvalue weighted by Gasteiger charge is 2.26. The molecule has 0 N–H and O–H groups in total. The highest BCUT2D eigenvalue weighted by atomic mass is 15.4. The number of nitriles is 1. The van der Waals surface area contributed by atoms with E-state index in [9.17, 15) is 0 Å². The largest absolute Gasteiger partial charge is 0.249 e. The maximum atomic E-state index is 8.67. The van der Waals surface area contributed by atoms with Gasteiger partial charge in [0.15, 0.2) is 0 Å². The SMILES string of the molecule is CCn1nnc(CC#N)c1C1CCC1. The Morgan fingerprint density at radius 1 is 1.57 bits per heavy atom. The van der Waals surface area contributed by atoms with E-state index in [1.807, 2.05) is 4.68 Å². The minimum Gasteiger partial charge on any atom is -0.249 e. The van der Waals surface area contributed by atoms with Crippen LogP contribution in [0.15, 0.2) is 0 Å². The Hall–Kier alpha value is -1.37. The third-order valence-electron chi connectivity index (χ3n) is 2.89. The van der Waals surface area contributed by atoms with Crippen molar-refractivity contribution in [3.8, 4) is 6.07 Å². The quantitative estimate of drug-likeness (QED) is 0.728. The molecule has 4 nitrogen and oxygen atoms in total. The van der Waals surface area contributed by atoms with Gasteiger partial charge in [-0.15, -0.1) is 5.10 Å². The fraction of sp³-hybridized carbons (Fsp3) is 0.700. The summed E-state index contributed by atoms with van der Waals surface area (Å²) in [5.41, 5.74) is 2.10. The van der Waals surface area contributed by atoms with Crippen LogP contribution in [0.3, 0.4) is 0 Å². The molecule has 0 saturated heterocycles. The van der Waals surface area contributed by atoms with Gasteiger partial charge in [0.05, 0.1) is 18.2 Å². The van der Waals surface area contributed by atoms with Crippen LogP contribution in [0, 0.1) is 11.3 Å². The minimum atomic E-state index is 0.395. The van der Waals surface area contributed by atoms with Gasteiger partial charge in [-0.3, -0.25) is 0 Å². The number of hydrogen-bond donors (Lipinski definition) is 0. The van der Waals surface area contributed by atoms with E-state index >= 15 is 0 Å². The van der Waals surface area contributed by atoms with Crippen molar-refractivity contribution >= 4 is 0 Å². The van der Waals surface area contributed by atoms with E-state index in [1.54, 1.807) is 0 Å². The van der Waals surface area contributed by atoms with Crippen molar-refractivity contribution in [2.24, 2.45) is 0 Å². The molecule has 0 amide bonds. The van der Waals surface area contributed by atoms with E-state index in [4.69, 9.17) is 5.26 Å². The smallest absolute Gasteiger partial charge is 0.100 e. The molecule has 0 spiro atoms. The van der Waals surface area contributed by atoms with Crippen LogP contribution in [0.4, 0.5) is 0 Å². The van der Waals surface area contributed by atoms with Gasteiger partial charge in [-0.25, -0.2) is 4.68 Å². The predicted octanol–water partition coefficient (Wildman–Crippen LogP) is 1.63. The first-order chi connectivity index (χ1) is 6.86. The molecule has 1 fully saturated rings. The molecular weight excluding hydrogens is 176 g/mol. The summed E-state index contributed by atoms with van der Waals surface area (Å²) in [5, 5.41) is 16.8. The second kappa shape index (κ2) is 3.79. The van der Waals surface area contributed by atoms with Crippen molar-refractivity contribution in [2.75, 3.05) is 0 Å². The van der Waals surface area contributed by atoms with Crippen LogP contribution >= 0.6 is 0 Å². The molecule has 0 aliphatic heterocycles. The molecule has 1 aliphatic carbocycles. The first-order valence-electron chi connectivity index (χ1n) is 5.16. The van der Waals surface area contributed by atoms with Crippen molar-refractivity contribution in [3.63, 3.8) is 0 Å². The van der Waals surface area contributed by atoms with Crippen LogP contribution in [-0.2, 0) is 13.0 Å². The van der Waals surface area contributed by atoms with Gasteiger partial charge < -0.3 is 0 Å². The predicted molar refractivity (Wildman–Crippen MR) is 51.6 cm³/mol. The summed E-state index contributed by atoms with van der Waals surface area (Å²) in [5.74, 6) is 0.605. The Morgan fingerprint density at radius 3 is 2.86 bits per heavy atom. The number of hydrogen-bond acceptors (Lipinski definition) is 3. The monoisotopic (exact) mass is 190 g/mol. The van der Waals surface area contributed by atoms with Crippen LogP contribution in [0.2, 0.25) is 0 Å². The van der Waals surface area contributed by atoms with E-state index in [2.05, 4.69) is 23.3 Å². The van der Waals surface area contributed by atoms with E-state index in [0.29, 0.717) is 12.3 Å². The van der Waals surface area contributed by atoms with E-state index < -0.39 is 0 Å². The third-order valence-corrected chi connectivity index (χ3v) is 2.89. The van der Waals surface area contributed by atoms with Crippen molar-refractivity contribution in [3.05, 3.63) is 11.4 Å². The van der Waals surface area contributed by atoms with Gasteiger partial charge in [0.25, 0.3) is 0 Å². The summed E-state index contributed by atoms with van der Waals surface area (Å²) in [6.45, 7) is 2.91. The zero-order chi connectivity index (χ0) is 9.97. The minimum absolute atomic E-state index is 0.395. The Labute approximate surface area is 83.5 Å². The molecule has 74 valence electrons. The lowest BCUT2D eigenvalue weighted by Crippen LogP contribution is -2.16. The van der Waals surface area contributed by atoms with Crippen molar-refractivity contribution in [1.29, 1.82) is 5.26 Å². The summed E-state index contributed by atoms with van der Waals surface area (Å²) in [6.07, 6.45) is 4.15. The Balaban J connectivity index is 2.31. The molecule has 0 bridgehead atoms. The maximum absolute atomic E-state index is 8.67. The van der Waals surface area contributed by atoms with Gasteiger partial charge in [0.2, 0.25) is 0 Å². The average molecular weight is 190 g/mol. The molecule has 0 aromatic carbocycles. The molecule has 1 heterocycles. The average Bonchev–Trinajstić information content (AvgIpc) is 2.47. The summed E-state index contributed by atoms with van der Waals surface area (Å²) in [7, 11) is 0. The normalized spacial score (nSPS) is 16.3. The molecule has 0 atom stereocenters. The van der Waals surface area contributed by atoms with E-state index in [1.165, 1.54) is 25.0 Å². The molecule has 1 aromatic rings. The second-order valence-corrected chi connectivity index (χ2v) is 3.70. The van der Waals surface area contributed by atoms with Crippen molar-refractivity contribution in [2.45, 2.75) is 45.1 Å². The zero-order valence-corrected chi connectivity index (χ0v) is 8.40. The summed E-state index contributed by atoms with van der Waals surface area (Å²) in [6, 6.07) is 2.15. The van der Waals surface area contributed by atoms with Crippen LogP contribution in [0.1, 0.15) is 43.5 Å². The van der Waals surface area contributed by atoms with Crippen LogP contribution in [-0.4, -0.2) is 15.0 Å². The number of aromatic nitrogens is 3. The van der Waals surface area contributed by atoms with Gasteiger partial charge in [-0.2, -0.15) is 5.26 Å². The Bertz CT molecular complexity index is 357. The molecule has 1 saturated carbocycles. The lowest BCUT2D eigenvalue weighted by molar-refractivity contribution is 0.388. The molecule has 1 aromatic heterocycles. The summed E-state index contributed by atoms with van der Waals surface area (Å²) in [4.78, 5) is 0. The molecule has 0 radical (unpaired) electrons. The molecule has 14 heavy (non-hydrogen) atoms. The molecule has 0 unspecified atom stereocenters.